The number of rotatable bonds is 5. The Bertz CT molecular complexity index is 1110. The van der Waals surface area contributed by atoms with Crippen LogP contribution in [-0.4, -0.2) is 77.6 Å². The summed E-state index contributed by atoms with van der Waals surface area (Å²) < 4.78 is 6.01. The van der Waals surface area contributed by atoms with Crippen LogP contribution in [0, 0.1) is 0 Å². The van der Waals surface area contributed by atoms with E-state index in [4.69, 9.17) is 14.7 Å². The highest BCUT2D eigenvalue weighted by Crippen LogP contribution is 2.29. The number of fused-ring (bicyclic) bond motifs is 2. The van der Waals surface area contributed by atoms with Crippen molar-refractivity contribution in [3.63, 3.8) is 0 Å². The highest BCUT2D eigenvalue weighted by molar-refractivity contribution is 5.78. The molecule has 0 bridgehead atoms. The fraction of sp³-hybridized carbons (Fsp3) is 0.567. The predicted molar refractivity (Wildman–Crippen MR) is 148 cm³/mol. The number of hydrogen-bond acceptors (Lipinski definition) is 6. The van der Waals surface area contributed by atoms with Crippen LogP contribution < -0.4 is 9.64 Å². The first-order valence-electron chi connectivity index (χ1n) is 14.3. The second kappa shape index (κ2) is 12.1. The average molecular weight is 504 g/mol. The average Bonchev–Trinajstić information content (AvgIpc) is 3.15. The Labute approximate surface area is 221 Å². The number of piperazine rings is 1. The smallest absolute Gasteiger partial charge is 0.260 e. The lowest BCUT2D eigenvalue weighted by atomic mass is 9.91. The van der Waals surface area contributed by atoms with E-state index in [9.17, 15) is 4.79 Å². The molecule has 7 heteroatoms. The molecule has 2 aromatic rings. The van der Waals surface area contributed by atoms with Crippen molar-refractivity contribution >= 4 is 17.9 Å². The molecule has 0 spiro atoms. The maximum absolute atomic E-state index is 13.0. The predicted octanol–water partition coefficient (Wildman–Crippen LogP) is 4.14. The van der Waals surface area contributed by atoms with Crippen molar-refractivity contribution in [2.45, 2.75) is 64.8 Å². The SMILES string of the molecule is CC.O=C(COc1cccc2c1CCC=C2)N1CCc2cnc(N3CCN(C4CCC4)CC3)nc2CC1. The van der Waals surface area contributed by atoms with Gasteiger partial charge in [-0.1, -0.05) is 44.6 Å². The van der Waals surface area contributed by atoms with Gasteiger partial charge in [0.2, 0.25) is 5.95 Å². The zero-order chi connectivity index (χ0) is 25.6. The maximum atomic E-state index is 13.0. The van der Waals surface area contributed by atoms with Crippen LogP contribution in [-0.2, 0) is 24.1 Å². The number of carbonyl (C=O) groups excluding carboxylic acids is 1. The number of nitrogens with zero attached hydrogens (tertiary/aromatic N) is 5. The van der Waals surface area contributed by atoms with Gasteiger partial charge in [-0.05, 0) is 49.3 Å². The quantitative estimate of drug-likeness (QED) is 0.611. The van der Waals surface area contributed by atoms with Gasteiger partial charge in [0.25, 0.3) is 5.91 Å². The van der Waals surface area contributed by atoms with Crippen molar-refractivity contribution < 1.29 is 9.53 Å². The summed E-state index contributed by atoms with van der Waals surface area (Å²) in [5.41, 5.74) is 4.67. The number of allylic oxidation sites excluding steroid dienone is 1. The van der Waals surface area contributed by atoms with Crippen molar-refractivity contribution in [1.29, 1.82) is 0 Å². The molecule has 6 rings (SSSR count). The van der Waals surface area contributed by atoms with Gasteiger partial charge < -0.3 is 14.5 Å². The molecule has 1 saturated carbocycles. The largest absolute Gasteiger partial charge is 0.483 e. The first kappa shape index (κ1) is 25.7. The van der Waals surface area contributed by atoms with Crippen LogP contribution in [0.25, 0.3) is 6.08 Å². The molecule has 37 heavy (non-hydrogen) atoms. The fourth-order valence-electron chi connectivity index (χ4n) is 5.72. The first-order chi connectivity index (χ1) is 18.2. The van der Waals surface area contributed by atoms with E-state index < -0.39 is 0 Å². The molecule has 2 fully saturated rings. The molecule has 7 nitrogen and oxygen atoms in total. The lowest BCUT2D eigenvalue weighted by Crippen LogP contribution is -2.52. The molecule has 0 atom stereocenters. The zero-order valence-electron chi connectivity index (χ0n) is 22.5. The molecule has 0 radical (unpaired) electrons. The minimum absolute atomic E-state index is 0.0436. The van der Waals surface area contributed by atoms with Gasteiger partial charge in [-0.25, -0.2) is 9.97 Å². The molecule has 0 N–H and O–H groups in total. The highest BCUT2D eigenvalue weighted by atomic mass is 16.5. The molecular formula is C30H41N5O2. The number of carbonyl (C=O) groups is 1. The van der Waals surface area contributed by atoms with Crippen LogP contribution in [0.1, 0.15) is 61.9 Å². The lowest BCUT2D eigenvalue weighted by molar-refractivity contribution is -0.133. The van der Waals surface area contributed by atoms with Gasteiger partial charge >= 0.3 is 0 Å². The molecule has 0 unspecified atom stereocenters. The second-order valence-electron chi connectivity index (χ2n) is 10.2. The van der Waals surface area contributed by atoms with Gasteiger partial charge in [-0.2, -0.15) is 0 Å². The standard InChI is InChI=1S/C28H35N5O2.C2H6/c34-27(20-35-26-10-3-6-21-5-1-2-9-24(21)26)32-13-11-22-19-29-28(30-25(22)12-14-32)33-17-15-31(16-18-33)23-7-4-8-23;1-2/h1,3,5-6,10,19,23H,2,4,7-9,11-18,20H2;1-2H3. The molecule has 1 saturated heterocycles. The zero-order valence-corrected chi connectivity index (χ0v) is 22.5. The van der Waals surface area contributed by atoms with E-state index in [2.05, 4.69) is 28.0 Å². The Morgan fingerprint density at radius 1 is 1.03 bits per heavy atom. The minimum atomic E-state index is 0.0436. The monoisotopic (exact) mass is 503 g/mol. The molecular weight excluding hydrogens is 462 g/mol. The van der Waals surface area contributed by atoms with E-state index in [1.807, 2.05) is 37.1 Å². The molecule has 2 aliphatic heterocycles. The number of aromatic nitrogens is 2. The highest BCUT2D eigenvalue weighted by Gasteiger charge is 2.29. The van der Waals surface area contributed by atoms with Gasteiger partial charge in [0, 0.05) is 63.5 Å². The summed E-state index contributed by atoms with van der Waals surface area (Å²) in [6.45, 7) is 9.65. The number of benzene rings is 1. The second-order valence-corrected chi connectivity index (χ2v) is 10.2. The Kier molecular flexibility index (Phi) is 8.39. The van der Waals surface area contributed by atoms with Gasteiger partial charge in [-0.15, -0.1) is 0 Å². The third kappa shape index (κ3) is 5.82. The lowest BCUT2D eigenvalue weighted by Gasteiger charge is -2.43. The number of anilines is 1. The Balaban J connectivity index is 0.00000137. The normalized spacial score (nSPS) is 19.6. The first-order valence-corrected chi connectivity index (χ1v) is 14.3. The molecule has 198 valence electrons. The van der Waals surface area contributed by atoms with Crippen LogP contribution in [0.4, 0.5) is 5.95 Å². The summed E-state index contributed by atoms with van der Waals surface area (Å²) >= 11 is 0. The van der Waals surface area contributed by atoms with Crippen LogP contribution in [0.15, 0.2) is 30.5 Å². The molecule has 4 aliphatic rings. The van der Waals surface area contributed by atoms with Crippen molar-refractivity contribution in [3.05, 3.63) is 52.9 Å². The van der Waals surface area contributed by atoms with Gasteiger partial charge in [0.15, 0.2) is 6.61 Å². The van der Waals surface area contributed by atoms with Gasteiger partial charge in [0.05, 0.1) is 5.69 Å². The Morgan fingerprint density at radius 3 is 2.62 bits per heavy atom. The van der Waals surface area contributed by atoms with E-state index in [0.717, 1.165) is 75.3 Å². The van der Waals surface area contributed by atoms with E-state index in [1.165, 1.54) is 36.0 Å². The van der Waals surface area contributed by atoms with Crippen molar-refractivity contribution in [2.75, 3.05) is 50.8 Å². The summed E-state index contributed by atoms with van der Waals surface area (Å²) in [7, 11) is 0. The third-order valence-corrected chi connectivity index (χ3v) is 8.13. The number of amides is 1. The summed E-state index contributed by atoms with van der Waals surface area (Å²) in [5, 5.41) is 0. The summed E-state index contributed by atoms with van der Waals surface area (Å²) in [6.07, 6.45) is 14.0. The van der Waals surface area contributed by atoms with Gasteiger partial charge in [-0.3, -0.25) is 9.69 Å². The van der Waals surface area contributed by atoms with Crippen LogP contribution >= 0.6 is 0 Å². The third-order valence-electron chi connectivity index (χ3n) is 8.13. The molecule has 2 aliphatic carbocycles. The molecule has 3 heterocycles. The maximum Gasteiger partial charge on any atom is 0.260 e. The summed E-state index contributed by atoms with van der Waals surface area (Å²) in [4.78, 5) is 29.6. The Hall–Kier alpha value is -2.93. The number of hydrogen-bond donors (Lipinski definition) is 0. The summed E-state index contributed by atoms with van der Waals surface area (Å²) in [6, 6.07) is 6.89. The fourth-order valence-corrected chi connectivity index (χ4v) is 5.72. The number of ether oxygens (including phenoxy) is 1. The summed E-state index contributed by atoms with van der Waals surface area (Å²) in [5.74, 6) is 1.73. The van der Waals surface area contributed by atoms with E-state index in [1.54, 1.807) is 0 Å². The topological polar surface area (TPSA) is 61.8 Å². The molecule has 1 amide bonds. The molecule has 1 aromatic heterocycles. The Morgan fingerprint density at radius 2 is 1.84 bits per heavy atom. The van der Waals surface area contributed by atoms with Crippen molar-refractivity contribution in [1.82, 2.24) is 19.8 Å². The van der Waals surface area contributed by atoms with Gasteiger partial charge in [0.1, 0.15) is 5.75 Å². The van der Waals surface area contributed by atoms with Crippen LogP contribution in [0.5, 0.6) is 5.75 Å². The van der Waals surface area contributed by atoms with Crippen molar-refractivity contribution in [3.8, 4) is 5.75 Å². The van der Waals surface area contributed by atoms with E-state index in [-0.39, 0.29) is 12.5 Å². The molecule has 1 aromatic carbocycles. The van der Waals surface area contributed by atoms with Crippen LogP contribution in [0.2, 0.25) is 0 Å². The van der Waals surface area contributed by atoms with Crippen molar-refractivity contribution in [2.24, 2.45) is 0 Å². The van der Waals surface area contributed by atoms with Crippen LogP contribution in [0.3, 0.4) is 0 Å². The minimum Gasteiger partial charge on any atom is -0.483 e. The van der Waals surface area contributed by atoms with E-state index >= 15 is 0 Å². The van der Waals surface area contributed by atoms with E-state index in [0.29, 0.717) is 13.1 Å².